The number of aromatic nitrogens is 4. The first-order valence-electron chi connectivity index (χ1n) is 8.55. The number of pyridine rings is 2. The second kappa shape index (κ2) is 9.05. The molecule has 0 spiro atoms. The Morgan fingerprint density at radius 3 is 2.20 bits per heavy atom. The molecule has 3 aromatic rings. The first kappa shape index (κ1) is 23.0. The Morgan fingerprint density at radius 2 is 1.67 bits per heavy atom. The van der Waals surface area contributed by atoms with Crippen molar-refractivity contribution in [1.82, 2.24) is 20.2 Å². The first-order valence-corrected chi connectivity index (χ1v) is 8.55. The molecule has 3 aromatic heterocycles. The van der Waals surface area contributed by atoms with Gasteiger partial charge in [0.25, 0.3) is 0 Å². The van der Waals surface area contributed by atoms with Crippen LogP contribution in [0.25, 0.3) is 11.4 Å². The van der Waals surface area contributed by atoms with Crippen LogP contribution in [0.15, 0.2) is 30.3 Å². The number of ether oxygens (including phenoxy) is 2. The van der Waals surface area contributed by atoms with Crippen molar-refractivity contribution in [2.24, 2.45) is 0 Å². The summed E-state index contributed by atoms with van der Waals surface area (Å²) >= 11 is 0. The van der Waals surface area contributed by atoms with Crippen molar-refractivity contribution in [3.63, 3.8) is 0 Å². The van der Waals surface area contributed by atoms with Crippen LogP contribution in [0.1, 0.15) is 41.4 Å². The third-order valence-electron chi connectivity index (χ3n) is 4.48. The van der Waals surface area contributed by atoms with E-state index in [0.717, 1.165) is 0 Å². The average molecular weight is 587 g/mol. The van der Waals surface area contributed by atoms with Crippen LogP contribution in [0.5, 0.6) is 11.5 Å². The van der Waals surface area contributed by atoms with Gasteiger partial charge in [0, 0.05) is 50.7 Å². The Bertz CT molecular complexity index is 1120. The van der Waals surface area contributed by atoms with Gasteiger partial charge in [0.2, 0.25) is 0 Å². The summed E-state index contributed by atoms with van der Waals surface area (Å²) in [6, 6.07) is 9.92. The van der Waals surface area contributed by atoms with Crippen molar-refractivity contribution in [3.8, 4) is 29.0 Å². The van der Waals surface area contributed by atoms with Gasteiger partial charge in [-0.2, -0.15) is 5.26 Å². The Balaban J connectivity index is 0.00000320. The van der Waals surface area contributed by atoms with Gasteiger partial charge < -0.3 is 24.8 Å². The molecular formula is C20H18N5O4Pt-. The zero-order valence-corrected chi connectivity index (χ0v) is 18.9. The number of rotatable bonds is 6. The number of nitriles is 1. The maximum Gasteiger partial charge on any atom is 0.354 e. The second-order valence-corrected chi connectivity index (χ2v) is 6.71. The van der Waals surface area contributed by atoms with E-state index in [1.807, 2.05) is 19.9 Å². The van der Waals surface area contributed by atoms with Crippen molar-refractivity contribution in [3.05, 3.63) is 53.1 Å². The van der Waals surface area contributed by atoms with Gasteiger partial charge in [-0.15, -0.1) is 0 Å². The van der Waals surface area contributed by atoms with E-state index >= 15 is 0 Å². The van der Waals surface area contributed by atoms with Crippen LogP contribution in [0, 0.1) is 11.3 Å². The molecule has 158 valence electrons. The molecule has 0 radical (unpaired) electrons. The molecule has 1 N–H and O–H groups in total. The summed E-state index contributed by atoms with van der Waals surface area (Å²) in [7, 11) is 2.99. The number of hydrogen-bond donors (Lipinski definition) is 1. The molecule has 3 rings (SSSR count). The Hall–Kier alpha value is -3.24. The topological polar surface area (TPSA) is 132 Å². The minimum Gasteiger partial charge on any atom is -0.573 e. The number of hydrogen-bond acceptors (Lipinski definition) is 7. The van der Waals surface area contributed by atoms with E-state index in [1.54, 1.807) is 18.2 Å². The van der Waals surface area contributed by atoms with Gasteiger partial charge in [-0.05, 0) is 19.9 Å². The molecule has 10 heteroatoms. The number of carbonyl (C=O) groups is 1. The number of nitrogens with zero attached hydrogens (tertiary/aromatic N) is 5. The molecule has 0 fully saturated rings. The van der Waals surface area contributed by atoms with Gasteiger partial charge in [0.15, 0.2) is 5.69 Å². The Kier molecular flexibility index (Phi) is 6.95. The van der Waals surface area contributed by atoms with E-state index in [1.165, 1.54) is 26.4 Å². The van der Waals surface area contributed by atoms with Crippen LogP contribution in [0.3, 0.4) is 0 Å². The normalized spacial score (nSPS) is 10.6. The molecule has 9 nitrogen and oxygen atoms in total. The fourth-order valence-corrected chi connectivity index (χ4v) is 2.73. The molecule has 0 saturated carbocycles. The summed E-state index contributed by atoms with van der Waals surface area (Å²) in [5.74, 6) is -0.249. The fourth-order valence-electron chi connectivity index (χ4n) is 2.73. The summed E-state index contributed by atoms with van der Waals surface area (Å²) in [4.78, 5) is 20.4. The van der Waals surface area contributed by atoms with E-state index in [0.29, 0.717) is 34.3 Å². The number of carboxylic acids is 1. The largest absolute Gasteiger partial charge is 0.573 e. The van der Waals surface area contributed by atoms with Gasteiger partial charge >= 0.3 is 5.97 Å². The van der Waals surface area contributed by atoms with Crippen LogP contribution < -0.4 is 14.6 Å². The van der Waals surface area contributed by atoms with E-state index in [9.17, 15) is 9.90 Å². The summed E-state index contributed by atoms with van der Waals surface area (Å²) in [5.41, 5.74) is 1.21. The standard InChI is InChI=1S/C20H19N5O4.Pt/c1-20(2,18-9-13(29-4)7-16(23-18)19(26)27)17-8-12(28-3)6-14(22-17)15-5-11(10-21)24-25-15;/h5-9,21H,1-4H3,(H,26,27);/p-1. The maximum absolute atomic E-state index is 11.5. The molecule has 3 heterocycles. The van der Waals surface area contributed by atoms with Gasteiger partial charge in [0.1, 0.15) is 23.3 Å². The van der Waals surface area contributed by atoms with Crippen LogP contribution in [-0.2, 0) is 26.5 Å². The molecule has 0 aliphatic carbocycles. The van der Waals surface area contributed by atoms with Crippen LogP contribution in [-0.4, -0.2) is 40.4 Å². The Morgan fingerprint density at radius 1 is 1.07 bits per heavy atom. The molecule has 0 atom stereocenters. The summed E-state index contributed by atoms with van der Waals surface area (Å²) < 4.78 is 10.6. The zero-order chi connectivity index (χ0) is 21.2. The quantitative estimate of drug-likeness (QED) is 0.462. The predicted molar refractivity (Wildman–Crippen MR) is 102 cm³/mol. The van der Waals surface area contributed by atoms with Crippen molar-refractivity contribution in [2.75, 3.05) is 14.2 Å². The van der Waals surface area contributed by atoms with E-state index in [4.69, 9.17) is 14.7 Å². The number of aromatic carboxylic acids is 1. The SMILES string of the molecule is COc1cc(C(=O)O)nc(C(C)(C)c2cc(OC)cc(-c3cc(C#N)n[n-]3)n2)c1.[Pt]. The average Bonchev–Trinajstić information content (AvgIpc) is 3.22. The van der Waals surface area contributed by atoms with Gasteiger partial charge in [0.05, 0.1) is 31.3 Å². The third-order valence-corrected chi connectivity index (χ3v) is 4.48. The number of carboxylic acid groups (broad SMARTS) is 1. The van der Waals surface area contributed by atoms with E-state index < -0.39 is 11.4 Å². The molecule has 0 aliphatic rings. The smallest absolute Gasteiger partial charge is 0.354 e. The molecule has 0 unspecified atom stereocenters. The molecule has 0 aromatic carbocycles. The molecule has 0 amide bonds. The van der Waals surface area contributed by atoms with Crippen molar-refractivity contribution in [2.45, 2.75) is 19.3 Å². The minimum atomic E-state index is -1.16. The maximum atomic E-state index is 11.5. The summed E-state index contributed by atoms with van der Waals surface area (Å²) in [5, 5.41) is 26.1. The van der Waals surface area contributed by atoms with Gasteiger partial charge in [-0.1, -0.05) is 5.69 Å². The molecule has 30 heavy (non-hydrogen) atoms. The van der Waals surface area contributed by atoms with E-state index in [-0.39, 0.29) is 32.5 Å². The van der Waals surface area contributed by atoms with E-state index in [2.05, 4.69) is 20.2 Å². The first-order chi connectivity index (χ1) is 13.8. The van der Waals surface area contributed by atoms with Crippen molar-refractivity contribution < 1.29 is 40.4 Å². The van der Waals surface area contributed by atoms with Crippen LogP contribution >= 0.6 is 0 Å². The van der Waals surface area contributed by atoms with Crippen molar-refractivity contribution in [1.29, 1.82) is 5.26 Å². The van der Waals surface area contributed by atoms with Gasteiger partial charge in [-0.3, -0.25) is 4.98 Å². The fraction of sp³-hybridized carbons (Fsp3) is 0.250. The number of methoxy groups -OCH3 is 2. The van der Waals surface area contributed by atoms with Crippen LogP contribution in [0.4, 0.5) is 0 Å². The predicted octanol–water partition coefficient (Wildman–Crippen LogP) is 2.41. The van der Waals surface area contributed by atoms with Gasteiger partial charge in [-0.25, -0.2) is 9.78 Å². The molecular weight excluding hydrogens is 569 g/mol. The van der Waals surface area contributed by atoms with Crippen molar-refractivity contribution >= 4 is 5.97 Å². The van der Waals surface area contributed by atoms with Crippen LogP contribution in [0.2, 0.25) is 0 Å². The molecule has 0 aliphatic heterocycles. The summed E-state index contributed by atoms with van der Waals surface area (Å²) in [6.45, 7) is 3.73. The molecule has 0 saturated heterocycles. The second-order valence-electron chi connectivity index (χ2n) is 6.71. The zero-order valence-electron chi connectivity index (χ0n) is 16.6. The molecule has 0 bridgehead atoms. The monoisotopic (exact) mass is 587 g/mol. The minimum absolute atomic E-state index is 0. The summed E-state index contributed by atoms with van der Waals surface area (Å²) in [6.07, 6.45) is 0. The third kappa shape index (κ3) is 4.50. The Labute approximate surface area is 187 Å².